The lowest BCUT2D eigenvalue weighted by molar-refractivity contribution is -0.661. The van der Waals surface area contributed by atoms with Gasteiger partial charge in [-0.1, -0.05) is 157 Å². The van der Waals surface area contributed by atoms with Crippen LogP contribution >= 0.6 is 0 Å². The van der Waals surface area contributed by atoms with Crippen LogP contribution in [0.4, 0.5) is 0 Å². The van der Waals surface area contributed by atoms with E-state index in [1.807, 2.05) is 0 Å². The molecule has 13 rings (SSSR count). The fourth-order valence-corrected chi connectivity index (χ4v) is 15.2. The van der Waals surface area contributed by atoms with Crippen LogP contribution in [0.5, 0.6) is 0 Å². The number of aromatic nitrogens is 9. The topological polar surface area (TPSA) is 65.1 Å². The molecule has 0 unspecified atom stereocenters. The van der Waals surface area contributed by atoms with Gasteiger partial charge in [0.05, 0.1) is 0 Å². The maximum Gasteiger partial charge on any atom is 0.205 e. The van der Waals surface area contributed by atoms with Gasteiger partial charge in [0.2, 0.25) is 17.1 Å². The third kappa shape index (κ3) is 11.6. The highest BCUT2D eigenvalue weighted by molar-refractivity contribution is 5.83. The predicted octanol–water partition coefficient (Wildman–Crippen LogP) is 18.6. The molecule has 10 aromatic carbocycles. The second-order valence-electron chi connectivity index (χ2n) is 26.8. The molecule has 0 amide bonds. The number of hydrogen-bond donors (Lipinski definition) is 0. The van der Waals surface area contributed by atoms with Crippen molar-refractivity contribution in [2.45, 2.75) is 125 Å². The third-order valence-electron chi connectivity index (χ3n) is 18.6. The summed E-state index contributed by atoms with van der Waals surface area (Å²) in [5, 5.41) is 16.2. The Labute approximate surface area is 549 Å². The second kappa shape index (κ2) is 24.0. The van der Waals surface area contributed by atoms with Crippen LogP contribution in [0, 0.1) is 125 Å². The third-order valence-corrected chi connectivity index (χ3v) is 18.6. The van der Waals surface area contributed by atoms with E-state index in [-0.39, 0.29) is 0 Å². The number of nitrogens with zero attached hydrogens (tertiary/aromatic N) is 9. The van der Waals surface area contributed by atoms with E-state index in [0.717, 1.165) is 101 Å². The first-order valence-electron chi connectivity index (χ1n) is 32.5. The van der Waals surface area contributed by atoms with Crippen molar-refractivity contribution in [2.24, 2.45) is 0 Å². The zero-order valence-electron chi connectivity index (χ0n) is 57.3. The van der Waals surface area contributed by atoms with E-state index >= 15 is 0 Å². The van der Waals surface area contributed by atoms with Crippen molar-refractivity contribution in [1.29, 1.82) is 0 Å². The van der Waals surface area contributed by atoms with Gasteiger partial charge in [-0.3, -0.25) is 0 Å². The van der Waals surface area contributed by atoms with Crippen LogP contribution in [0.3, 0.4) is 0 Å². The summed E-state index contributed by atoms with van der Waals surface area (Å²) >= 11 is 0. The molecule has 9 heteroatoms. The molecule has 13 aromatic rings. The molecule has 0 aliphatic rings. The molecule has 9 nitrogen and oxygen atoms in total. The largest absolute Gasteiger partial charge is 0.205 e. The van der Waals surface area contributed by atoms with E-state index in [9.17, 15) is 0 Å². The lowest BCUT2D eigenvalue weighted by Crippen LogP contribution is -2.35. The van der Waals surface area contributed by atoms with Gasteiger partial charge in [0.15, 0.2) is 52.7 Å². The molecule has 0 N–H and O–H groups in total. The molecule has 0 atom stereocenters. The maximum atomic E-state index is 5.38. The molecule has 3 heterocycles. The van der Waals surface area contributed by atoms with Crippen LogP contribution in [0.2, 0.25) is 0 Å². The van der Waals surface area contributed by atoms with Gasteiger partial charge in [0.1, 0.15) is 15.6 Å². The average Bonchev–Trinajstić information content (AvgIpc) is 1.65. The second-order valence-corrected chi connectivity index (χ2v) is 26.8. The summed E-state index contributed by atoms with van der Waals surface area (Å²) in [5.74, 6) is 0. The Balaban J connectivity index is 0.948. The lowest BCUT2D eigenvalue weighted by Gasteiger charge is -2.13. The molecule has 3 aromatic heterocycles. The Morgan fingerprint density at radius 2 is 0.376 bits per heavy atom. The molecule has 0 spiro atoms. The summed E-state index contributed by atoms with van der Waals surface area (Å²) in [4.78, 5) is 0. The van der Waals surface area contributed by atoms with Crippen LogP contribution in [0.1, 0.15) is 100 Å². The van der Waals surface area contributed by atoms with Crippen LogP contribution in [0.15, 0.2) is 182 Å². The van der Waals surface area contributed by atoms with Gasteiger partial charge in [0.25, 0.3) is 0 Å². The maximum absolute atomic E-state index is 5.38. The molecule has 0 radical (unpaired) electrons. The van der Waals surface area contributed by atoms with Crippen LogP contribution < -0.4 is 14.0 Å². The Morgan fingerprint density at radius 1 is 0.204 bits per heavy atom. The van der Waals surface area contributed by atoms with Crippen LogP contribution in [-0.2, 0) is 0 Å². The molecule has 0 saturated carbocycles. The minimum Gasteiger partial charge on any atom is -0.101 e. The van der Waals surface area contributed by atoms with E-state index < -0.39 is 0 Å². The summed E-state index contributed by atoms with van der Waals surface area (Å²) in [5.41, 5.74) is 41.1. The first kappa shape index (κ1) is 61.5. The molecule has 0 aliphatic carbocycles. The van der Waals surface area contributed by atoms with Crippen LogP contribution in [-0.4, -0.2) is 29.7 Å². The van der Waals surface area contributed by atoms with Gasteiger partial charge < -0.3 is 0 Å². The van der Waals surface area contributed by atoms with Gasteiger partial charge in [-0.25, -0.2) is 0 Å². The number of benzene rings is 10. The van der Waals surface area contributed by atoms with Crippen molar-refractivity contribution >= 4 is 0 Å². The fourth-order valence-electron chi connectivity index (χ4n) is 15.2. The summed E-state index contributed by atoms with van der Waals surface area (Å²) in [7, 11) is 0. The van der Waals surface area contributed by atoms with Crippen molar-refractivity contribution < 1.29 is 14.0 Å². The first-order valence-corrected chi connectivity index (χ1v) is 32.5. The fraction of sp³-hybridized carbons (Fsp3) is 0.214. The minimum absolute atomic E-state index is 1.01. The number of aryl methyl sites for hydroxylation is 18. The van der Waals surface area contributed by atoms with Gasteiger partial charge in [0, 0.05) is 16.7 Å². The predicted molar refractivity (Wildman–Crippen MR) is 380 cm³/mol. The van der Waals surface area contributed by atoms with E-state index in [0.29, 0.717) is 0 Å². The smallest absolute Gasteiger partial charge is 0.101 e. The molecule has 0 fully saturated rings. The molecule has 0 aliphatic heterocycles. The molecule has 93 heavy (non-hydrogen) atoms. The van der Waals surface area contributed by atoms with E-state index in [4.69, 9.17) is 15.6 Å². The van der Waals surface area contributed by atoms with Gasteiger partial charge in [-0.15, -0.1) is 14.0 Å². The number of hydrogen-bond acceptors (Lipinski definition) is 3. The summed E-state index contributed by atoms with van der Waals surface area (Å²) in [6, 6.07) is 61.2. The first-order chi connectivity index (χ1) is 44.4. The zero-order chi connectivity index (χ0) is 65.6. The van der Waals surface area contributed by atoms with E-state index in [1.165, 1.54) is 100 Å². The van der Waals surface area contributed by atoms with E-state index in [1.54, 1.807) is 0 Å². The molecule has 0 bridgehead atoms. The Bertz CT molecular complexity index is 4480. The van der Waals surface area contributed by atoms with Crippen molar-refractivity contribution in [3.05, 3.63) is 283 Å². The molecular formula is C84H84N9+3. The van der Waals surface area contributed by atoms with Gasteiger partial charge >= 0.3 is 0 Å². The SMILES string of the molecule is Cc1cc(C)c(-n2n[n+](-c3c(C)cc(C)cc3C)cc2-c2ccc(-c3cc(-c4ccc(-c5c[n+](-c6c(C)cc(C)cc6C)nn5-c5c(C)cc(C)cc5C)cc4)cc(-c4ccc(-c5c[n+](-c6c(C)cc(C)cc6C)nn5-c5c(C)cc(C)cc5C)cc4)c3)cc2)c(C)c1. The van der Waals surface area contributed by atoms with Crippen molar-refractivity contribution in [3.8, 4) is 101 Å². The highest BCUT2D eigenvalue weighted by atomic mass is 15.5. The Morgan fingerprint density at radius 3 is 0.570 bits per heavy atom. The zero-order valence-corrected chi connectivity index (χ0v) is 57.3. The van der Waals surface area contributed by atoms with Crippen molar-refractivity contribution in [1.82, 2.24) is 29.7 Å². The lowest BCUT2D eigenvalue weighted by atomic mass is 9.92. The quantitative estimate of drug-likeness (QED) is 0.115. The van der Waals surface area contributed by atoms with Crippen LogP contribution in [0.25, 0.3) is 101 Å². The van der Waals surface area contributed by atoms with Crippen molar-refractivity contribution in [2.75, 3.05) is 0 Å². The summed E-state index contributed by atoms with van der Waals surface area (Å²) in [6.07, 6.45) is 6.60. The Hall–Kier alpha value is -10.4. The Kier molecular flexibility index (Phi) is 15.9. The van der Waals surface area contributed by atoms with Gasteiger partial charge in [-0.05, 0) is 279 Å². The monoisotopic (exact) mass is 1220 g/mol. The average molecular weight is 1220 g/mol. The van der Waals surface area contributed by atoms with Gasteiger partial charge in [-0.2, -0.15) is 0 Å². The van der Waals surface area contributed by atoms with Crippen molar-refractivity contribution in [3.63, 3.8) is 0 Å². The standard InChI is InChI=1S/C84H84N9/c1-49-31-55(7)79(56(8)32-49)88-46-76(91(85-88)82-61(13)37-52(4)38-62(82)14)70-25-19-67(20-26-70)73-43-74(68-21-27-71(28-22-68)77-47-89(80-57(9)33-50(2)34-58(80)10)86-92(77)83-63(15)39-53(5)40-64(83)16)45-75(44-73)69-23-29-72(30-24-69)78-48-90(81-59(11)35-51(3)36-60(81)12)87-93(78)84-65(17)41-54(6)42-66(84)18/h19-48H,1-18H3/q+3. The summed E-state index contributed by atoms with van der Waals surface area (Å²) in [6.45, 7) is 39.2. The van der Waals surface area contributed by atoms with E-state index in [2.05, 4.69) is 335 Å². The summed E-state index contributed by atoms with van der Waals surface area (Å²) < 4.78 is 12.6. The highest BCUT2D eigenvalue weighted by Gasteiger charge is 2.30. The normalized spacial score (nSPS) is 11.5. The molecular weight excluding hydrogens is 1130 g/mol. The molecule has 0 saturated heterocycles. The highest BCUT2D eigenvalue weighted by Crippen LogP contribution is 2.38. The number of rotatable bonds is 12. The minimum atomic E-state index is 1.01. The molecule has 462 valence electrons.